The molecule has 2 aromatic rings. The van der Waals surface area contributed by atoms with Crippen molar-refractivity contribution in [2.45, 2.75) is 6.42 Å². The van der Waals surface area contributed by atoms with Gasteiger partial charge in [-0.1, -0.05) is 18.2 Å². The number of aromatic nitrogens is 2. The van der Waals surface area contributed by atoms with Gasteiger partial charge < -0.3 is 9.64 Å². The summed E-state index contributed by atoms with van der Waals surface area (Å²) < 4.78 is 32.9. The minimum Gasteiger partial charge on any atom is -0.384 e. The molecule has 2 aliphatic heterocycles. The van der Waals surface area contributed by atoms with Gasteiger partial charge in [-0.3, -0.25) is 9.48 Å². The molecule has 28 heavy (non-hydrogen) atoms. The number of fused-ring (bicyclic) bond motifs is 2. The molecule has 0 unspecified atom stereocenters. The molecule has 0 saturated carbocycles. The average Bonchev–Trinajstić information content (AvgIpc) is 3.20. The van der Waals surface area contributed by atoms with Crippen molar-refractivity contribution in [1.82, 2.24) is 19.0 Å². The number of nitrogens with zero attached hydrogens (tertiary/aromatic N) is 4. The SMILES string of the molecule is COC[C@@]12CCN(C(=O)c3nn(C)c4ccccc34)C[C@@H]1CN(S(C)(=O)=O)C2. The van der Waals surface area contributed by atoms with E-state index in [0.29, 0.717) is 44.9 Å². The van der Waals surface area contributed by atoms with Gasteiger partial charge in [0.15, 0.2) is 5.69 Å². The highest BCUT2D eigenvalue weighted by Crippen LogP contribution is 2.44. The predicted octanol–water partition coefficient (Wildman–Crippen LogP) is 0.943. The highest BCUT2D eigenvalue weighted by atomic mass is 32.2. The van der Waals surface area contributed by atoms with Crippen LogP contribution in [0.15, 0.2) is 24.3 Å². The zero-order valence-electron chi connectivity index (χ0n) is 16.5. The molecule has 2 atom stereocenters. The zero-order chi connectivity index (χ0) is 20.1. The van der Waals surface area contributed by atoms with Crippen molar-refractivity contribution in [3.8, 4) is 0 Å². The largest absolute Gasteiger partial charge is 0.384 e. The third-order valence-corrected chi connectivity index (χ3v) is 7.47. The van der Waals surface area contributed by atoms with Gasteiger partial charge in [-0.25, -0.2) is 12.7 Å². The Labute approximate surface area is 165 Å². The van der Waals surface area contributed by atoms with Gasteiger partial charge in [0.25, 0.3) is 5.91 Å². The number of aryl methyl sites for hydroxylation is 1. The highest BCUT2D eigenvalue weighted by Gasteiger charge is 2.52. The van der Waals surface area contributed by atoms with Crippen molar-refractivity contribution < 1.29 is 17.9 Å². The Kier molecular flexibility index (Phi) is 4.71. The van der Waals surface area contributed by atoms with Crippen LogP contribution in [-0.2, 0) is 21.8 Å². The molecule has 2 aliphatic rings. The van der Waals surface area contributed by atoms with Gasteiger partial charge in [0.1, 0.15) is 0 Å². The number of rotatable bonds is 4. The monoisotopic (exact) mass is 406 g/mol. The lowest BCUT2D eigenvalue weighted by atomic mass is 9.73. The van der Waals surface area contributed by atoms with Gasteiger partial charge in [0.05, 0.1) is 18.4 Å². The maximum Gasteiger partial charge on any atom is 0.275 e. The fourth-order valence-corrected chi connectivity index (χ4v) is 5.66. The summed E-state index contributed by atoms with van der Waals surface area (Å²) in [5, 5.41) is 5.29. The maximum absolute atomic E-state index is 13.2. The van der Waals surface area contributed by atoms with E-state index in [1.807, 2.05) is 36.2 Å². The van der Waals surface area contributed by atoms with Crippen LogP contribution >= 0.6 is 0 Å². The van der Waals surface area contributed by atoms with E-state index in [1.54, 1.807) is 11.8 Å². The second kappa shape index (κ2) is 6.82. The van der Waals surface area contributed by atoms with Crippen LogP contribution in [0.1, 0.15) is 16.9 Å². The van der Waals surface area contributed by atoms with E-state index >= 15 is 0 Å². The molecule has 2 saturated heterocycles. The van der Waals surface area contributed by atoms with Gasteiger partial charge in [0, 0.05) is 51.1 Å². The number of likely N-dealkylation sites (tertiary alicyclic amines) is 1. The Hall–Kier alpha value is -1.97. The maximum atomic E-state index is 13.2. The van der Waals surface area contributed by atoms with Gasteiger partial charge in [-0.15, -0.1) is 0 Å². The molecule has 4 rings (SSSR count). The number of methoxy groups -OCH3 is 1. The van der Waals surface area contributed by atoms with Crippen molar-refractivity contribution in [2.24, 2.45) is 18.4 Å². The normalized spacial score (nSPS) is 26.0. The van der Waals surface area contributed by atoms with Crippen LogP contribution in [0, 0.1) is 11.3 Å². The predicted molar refractivity (Wildman–Crippen MR) is 105 cm³/mol. The van der Waals surface area contributed by atoms with E-state index < -0.39 is 10.0 Å². The Morgan fingerprint density at radius 2 is 2.07 bits per heavy atom. The molecular weight excluding hydrogens is 380 g/mol. The third-order valence-electron chi connectivity index (χ3n) is 6.25. The van der Waals surface area contributed by atoms with E-state index in [4.69, 9.17) is 4.74 Å². The lowest BCUT2D eigenvalue weighted by Crippen LogP contribution is -2.51. The first-order valence-electron chi connectivity index (χ1n) is 9.40. The summed E-state index contributed by atoms with van der Waals surface area (Å²) in [6.07, 6.45) is 1.96. The number of amides is 1. The molecule has 0 aliphatic carbocycles. The van der Waals surface area contributed by atoms with Crippen LogP contribution in [0.5, 0.6) is 0 Å². The van der Waals surface area contributed by atoms with E-state index in [1.165, 1.54) is 10.6 Å². The summed E-state index contributed by atoms with van der Waals surface area (Å²) in [5.74, 6) is -0.0459. The van der Waals surface area contributed by atoms with Crippen molar-refractivity contribution in [2.75, 3.05) is 46.2 Å². The second-order valence-electron chi connectivity index (χ2n) is 8.04. The summed E-state index contributed by atoms with van der Waals surface area (Å²) in [5.41, 5.74) is 1.14. The molecular formula is C19H26N4O4S. The van der Waals surface area contributed by atoms with Crippen LogP contribution < -0.4 is 0 Å². The molecule has 1 aromatic carbocycles. The van der Waals surface area contributed by atoms with E-state index in [2.05, 4.69) is 5.10 Å². The minimum absolute atomic E-state index is 0.0508. The molecule has 9 heteroatoms. The molecule has 2 fully saturated rings. The zero-order valence-corrected chi connectivity index (χ0v) is 17.3. The first-order valence-corrected chi connectivity index (χ1v) is 11.2. The van der Waals surface area contributed by atoms with Crippen molar-refractivity contribution >= 4 is 26.8 Å². The summed E-state index contributed by atoms with van der Waals surface area (Å²) >= 11 is 0. The quantitative estimate of drug-likeness (QED) is 0.755. The van der Waals surface area contributed by atoms with Crippen LogP contribution in [0.2, 0.25) is 0 Å². The Morgan fingerprint density at radius 1 is 1.32 bits per heavy atom. The number of piperidine rings is 1. The number of carbonyl (C=O) groups excluding carboxylic acids is 1. The lowest BCUT2D eigenvalue weighted by molar-refractivity contribution is 0.00327. The molecule has 8 nitrogen and oxygen atoms in total. The number of hydrogen-bond acceptors (Lipinski definition) is 5. The fraction of sp³-hybridized carbons (Fsp3) is 0.579. The standard InChI is InChI=1S/C19H26N4O4S/c1-21-16-7-5-4-6-15(16)17(20-21)18(24)22-9-8-19(13-27-2)12-23(28(3,25)26)11-14(19)10-22/h4-7,14H,8-13H2,1-3H3/t14-,19+/m1/s1. The number of ether oxygens (including phenoxy) is 1. The lowest BCUT2D eigenvalue weighted by Gasteiger charge is -2.43. The molecule has 0 radical (unpaired) electrons. The summed E-state index contributed by atoms with van der Waals surface area (Å²) in [6.45, 7) is 2.46. The fourth-order valence-electron chi connectivity index (χ4n) is 4.72. The van der Waals surface area contributed by atoms with Crippen molar-refractivity contribution in [3.63, 3.8) is 0 Å². The second-order valence-corrected chi connectivity index (χ2v) is 10.0. The Bertz CT molecular complexity index is 1020. The van der Waals surface area contributed by atoms with E-state index in [-0.39, 0.29) is 17.2 Å². The highest BCUT2D eigenvalue weighted by molar-refractivity contribution is 7.88. The van der Waals surface area contributed by atoms with Crippen LogP contribution in [0.25, 0.3) is 10.9 Å². The summed E-state index contributed by atoms with van der Waals surface area (Å²) in [4.78, 5) is 15.1. The van der Waals surface area contributed by atoms with E-state index in [0.717, 1.165) is 10.9 Å². The first-order chi connectivity index (χ1) is 13.2. The molecule has 0 bridgehead atoms. The third kappa shape index (κ3) is 3.11. The van der Waals surface area contributed by atoms with Gasteiger partial charge in [-0.05, 0) is 18.4 Å². The molecule has 1 amide bonds. The van der Waals surface area contributed by atoms with Gasteiger partial charge in [-0.2, -0.15) is 5.10 Å². The average molecular weight is 407 g/mol. The number of benzene rings is 1. The summed E-state index contributed by atoms with van der Waals surface area (Å²) in [6, 6.07) is 7.69. The molecule has 0 N–H and O–H groups in total. The van der Waals surface area contributed by atoms with Crippen molar-refractivity contribution in [3.05, 3.63) is 30.0 Å². The Morgan fingerprint density at radius 3 is 2.79 bits per heavy atom. The first kappa shape index (κ1) is 19.4. The number of carbonyl (C=O) groups is 1. The molecule has 3 heterocycles. The molecule has 152 valence electrons. The van der Waals surface area contributed by atoms with Crippen LogP contribution in [0.4, 0.5) is 0 Å². The summed E-state index contributed by atoms with van der Waals surface area (Å²) in [7, 11) is 0.205. The molecule has 1 aromatic heterocycles. The number of sulfonamides is 1. The van der Waals surface area contributed by atoms with Gasteiger partial charge >= 0.3 is 0 Å². The minimum atomic E-state index is -3.27. The van der Waals surface area contributed by atoms with Gasteiger partial charge in [0.2, 0.25) is 10.0 Å². The van der Waals surface area contributed by atoms with Crippen LogP contribution in [0.3, 0.4) is 0 Å². The Balaban J connectivity index is 1.61. The number of hydrogen-bond donors (Lipinski definition) is 0. The molecule has 0 spiro atoms. The topological polar surface area (TPSA) is 84.7 Å². The van der Waals surface area contributed by atoms with Crippen LogP contribution in [-0.4, -0.2) is 79.5 Å². The smallest absolute Gasteiger partial charge is 0.275 e. The number of para-hydroxylation sites is 1. The van der Waals surface area contributed by atoms with Crippen molar-refractivity contribution in [1.29, 1.82) is 0 Å². The van der Waals surface area contributed by atoms with E-state index in [9.17, 15) is 13.2 Å².